The molecule has 106 valence electrons. The standard InChI is InChI=1S/C17H17N3O/c1-13-5-4-6-14(11-13)17(21)19-15-7-8-18-16(12-15)20-9-2-3-10-20/h1,4-8,11-12H,2-3,9-10H2,(H,18,19,21). The molecule has 0 unspecified atom stereocenters. The zero-order chi connectivity index (χ0) is 14.7. The van der Waals surface area contributed by atoms with Crippen LogP contribution in [0.4, 0.5) is 11.5 Å². The van der Waals surface area contributed by atoms with Crippen molar-refractivity contribution in [3.63, 3.8) is 0 Å². The summed E-state index contributed by atoms with van der Waals surface area (Å²) in [7, 11) is 0. The van der Waals surface area contributed by atoms with Gasteiger partial charge in [0.05, 0.1) is 0 Å². The number of benzene rings is 1. The van der Waals surface area contributed by atoms with Gasteiger partial charge in [-0.15, -0.1) is 0 Å². The fraction of sp³-hybridized carbons (Fsp3) is 0.235. The van der Waals surface area contributed by atoms with E-state index in [0.717, 1.165) is 24.6 Å². The van der Waals surface area contributed by atoms with Crippen molar-refractivity contribution in [3.8, 4) is 0 Å². The van der Waals surface area contributed by atoms with Crippen molar-refractivity contribution in [2.45, 2.75) is 12.8 Å². The zero-order valence-electron chi connectivity index (χ0n) is 11.7. The van der Waals surface area contributed by atoms with Crippen molar-refractivity contribution in [1.82, 2.24) is 4.98 Å². The number of rotatable bonds is 3. The molecule has 1 aromatic heterocycles. The molecule has 1 aromatic carbocycles. The molecule has 2 heterocycles. The summed E-state index contributed by atoms with van der Waals surface area (Å²) in [6, 6.07) is 10.6. The van der Waals surface area contributed by atoms with Gasteiger partial charge in [-0.05, 0) is 43.5 Å². The second-order valence-corrected chi connectivity index (χ2v) is 5.18. The van der Waals surface area contributed by atoms with Gasteiger partial charge < -0.3 is 10.2 Å². The molecule has 0 aliphatic carbocycles. The monoisotopic (exact) mass is 279 g/mol. The third-order valence-electron chi connectivity index (χ3n) is 3.58. The van der Waals surface area contributed by atoms with Gasteiger partial charge in [-0.3, -0.25) is 4.79 Å². The largest absolute Gasteiger partial charge is 0.357 e. The third kappa shape index (κ3) is 3.21. The van der Waals surface area contributed by atoms with Gasteiger partial charge in [0, 0.05) is 36.6 Å². The van der Waals surface area contributed by atoms with Crippen LogP contribution in [0.3, 0.4) is 0 Å². The van der Waals surface area contributed by atoms with Crippen molar-refractivity contribution >= 4 is 17.4 Å². The fourth-order valence-corrected chi connectivity index (χ4v) is 2.50. The molecule has 1 aliphatic rings. The summed E-state index contributed by atoms with van der Waals surface area (Å²) in [6.07, 6.45) is 4.12. The molecule has 0 saturated carbocycles. The smallest absolute Gasteiger partial charge is 0.255 e. The molecule has 1 aliphatic heterocycles. The summed E-state index contributed by atoms with van der Waals surface area (Å²) in [4.78, 5) is 18.8. The molecule has 1 amide bonds. The lowest BCUT2D eigenvalue weighted by molar-refractivity contribution is 0.102. The molecule has 0 bridgehead atoms. The Morgan fingerprint density at radius 3 is 2.76 bits per heavy atom. The minimum Gasteiger partial charge on any atom is -0.357 e. The van der Waals surface area contributed by atoms with Crippen molar-refractivity contribution in [3.05, 3.63) is 60.6 Å². The van der Waals surface area contributed by atoms with Crippen molar-refractivity contribution in [2.24, 2.45) is 0 Å². The first kappa shape index (κ1) is 13.6. The van der Waals surface area contributed by atoms with Gasteiger partial charge in [0.1, 0.15) is 5.82 Å². The van der Waals surface area contributed by atoms with E-state index >= 15 is 0 Å². The molecule has 0 atom stereocenters. The van der Waals surface area contributed by atoms with Crippen LogP contribution in [0.25, 0.3) is 0 Å². The van der Waals surface area contributed by atoms with E-state index in [1.165, 1.54) is 12.8 Å². The number of aromatic nitrogens is 1. The average Bonchev–Trinajstić information content (AvgIpc) is 3.02. The zero-order valence-corrected chi connectivity index (χ0v) is 11.7. The quantitative estimate of drug-likeness (QED) is 0.939. The maximum Gasteiger partial charge on any atom is 0.255 e. The molecule has 4 heteroatoms. The third-order valence-corrected chi connectivity index (χ3v) is 3.58. The summed E-state index contributed by atoms with van der Waals surface area (Å²) < 4.78 is 0. The number of anilines is 2. The van der Waals surface area contributed by atoms with Gasteiger partial charge in [-0.25, -0.2) is 4.98 Å². The number of pyridine rings is 1. The Morgan fingerprint density at radius 1 is 1.19 bits per heavy atom. The molecular weight excluding hydrogens is 262 g/mol. The van der Waals surface area contributed by atoms with Crippen LogP contribution in [0.1, 0.15) is 28.8 Å². The van der Waals surface area contributed by atoms with Crippen LogP contribution in [0.2, 0.25) is 0 Å². The van der Waals surface area contributed by atoms with E-state index in [9.17, 15) is 4.79 Å². The fourth-order valence-electron chi connectivity index (χ4n) is 2.50. The Bertz CT molecular complexity index is 648. The summed E-state index contributed by atoms with van der Waals surface area (Å²) in [5.74, 6) is 0.749. The summed E-state index contributed by atoms with van der Waals surface area (Å²) >= 11 is 0. The number of carbonyl (C=O) groups excluding carboxylic acids is 1. The normalized spacial score (nSPS) is 14.2. The highest BCUT2D eigenvalue weighted by atomic mass is 16.1. The van der Waals surface area contributed by atoms with E-state index in [1.807, 2.05) is 6.07 Å². The van der Waals surface area contributed by atoms with Gasteiger partial charge in [-0.1, -0.05) is 12.1 Å². The lowest BCUT2D eigenvalue weighted by atomic mass is 10.1. The Hall–Kier alpha value is -2.36. The van der Waals surface area contributed by atoms with Gasteiger partial charge in [0.15, 0.2) is 0 Å². The average molecular weight is 279 g/mol. The lowest BCUT2D eigenvalue weighted by Crippen LogP contribution is -2.19. The Labute approximate surface area is 124 Å². The van der Waals surface area contributed by atoms with Crippen molar-refractivity contribution in [1.29, 1.82) is 0 Å². The highest BCUT2D eigenvalue weighted by molar-refractivity contribution is 6.04. The molecular formula is C17H17N3O. The molecule has 2 radical (unpaired) electrons. The second-order valence-electron chi connectivity index (χ2n) is 5.18. The molecule has 2 aromatic rings. The van der Waals surface area contributed by atoms with Crippen LogP contribution >= 0.6 is 0 Å². The number of hydrogen-bond acceptors (Lipinski definition) is 3. The van der Waals surface area contributed by atoms with E-state index < -0.39 is 0 Å². The number of hydrogen-bond donors (Lipinski definition) is 1. The van der Waals surface area contributed by atoms with Crippen molar-refractivity contribution in [2.75, 3.05) is 23.3 Å². The number of carbonyl (C=O) groups is 1. The molecule has 0 spiro atoms. The van der Waals surface area contributed by atoms with E-state index in [-0.39, 0.29) is 5.91 Å². The first-order valence-electron chi connectivity index (χ1n) is 7.10. The number of amides is 1. The first-order valence-corrected chi connectivity index (χ1v) is 7.10. The Kier molecular flexibility index (Phi) is 3.86. The first-order chi connectivity index (χ1) is 10.2. The van der Waals surface area contributed by atoms with E-state index in [0.29, 0.717) is 11.1 Å². The van der Waals surface area contributed by atoms with E-state index in [2.05, 4.69) is 15.2 Å². The summed E-state index contributed by atoms with van der Waals surface area (Å²) in [5.41, 5.74) is 1.88. The SMILES string of the molecule is [CH]c1cccc(C(=O)Nc2ccnc(N3CCCC3)c2)c1. The summed E-state index contributed by atoms with van der Waals surface area (Å²) in [6.45, 7) is 7.75. The van der Waals surface area contributed by atoms with E-state index in [1.54, 1.807) is 36.5 Å². The maximum atomic E-state index is 12.2. The lowest BCUT2D eigenvalue weighted by Gasteiger charge is -2.17. The molecule has 1 fully saturated rings. The van der Waals surface area contributed by atoms with Gasteiger partial charge in [0.25, 0.3) is 5.91 Å². The Balaban J connectivity index is 1.75. The van der Waals surface area contributed by atoms with Crippen LogP contribution < -0.4 is 10.2 Å². The molecule has 21 heavy (non-hydrogen) atoms. The topological polar surface area (TPSA) is 45.2 Å². The molecule has 1 saturated heterocycles. The number of nitrogens with one attached hydrogen (secondary N) is 1. The highest BCUT2D eigenvalue weighted by Crippen LogP contribution is 2.21. The van der Waals surface area contributed by atoms with Gasteiger partial charge in [0.2, 0.25) is 0 Å². The van der Waals surface area contributed by atoms with Crippen LogP contribution in [0.15, 0.2) is 42.6 Å². The Morgan fingerprint density at radius 2 is 2.00 bits per heavy atom. The van der Waals surface area contributed by atoms with Gasteiger partial charge >= 0.3 is 0 Å². The predicted octanol–water partition coefficient (Wildman–Crippen LogP) is 2.99. The summed E-state index contributed by atoms with van der Waals surface area (Å²) in [5, 5.41) is 2.89. The highest BCUT2D eigenvalue weighted by Gasteiger charge is 2.14. The predicted molar refractivity (Wildman–Crippen MR) is 83.5 cm³/mol. The van der Waals surface area contributed by atoms with Crippen LogP contribution in [-0.4, -0.2) is 24.0 Å². The number of nitrogens with zero attached hydrogens (tertiary/aromatic N) is 2. The van der Waals surface area contributed by atoms with Gasteiger partial charge in [-0.2, -0.15) is 0 Å². The molecule has 3 rings (SSSR count). The van der Waals surface area contributed by atoms with Crippen LogP contribution in [-0.2, 0) is 0 Å². The van der Waals surface area contributed by atoms with Crippen molar-refractivity contribution < 1.29 is 4.79 Å². The minimum atomic E-state index is -0.166. The molecule has 1 N–H and O–H groups in total. The van der Waals surface area contributed by atoms with Crippen LogP contribution in [0, 0.1) is 6.92 Å². The molecule has 4 nitrogen and oxygen atoms in total. The van der Waals surface area contributed by atoms with Crippen LogP contribution in [0.5, 0.6) is 0 Å². The van der Waals surface area contributed by atoms with E-state index in [4.69, 9.17) is 6.92 Å². The maximum absolute atomic E-state index is 12.2. The minimum absolute atomic E-state index is 0.166. The second kappa shape index (κ2) is 5.95.